The third-order valence-corrected chi connectivity index (χ3v) is 2.21. The number of hydrogen-bond acceptors (Lipinski definition) is 1. The second kappa shape index (κ2) is 4.53. The number of hydrogen-bond donors (Lipinski definition) is 1. The normalized spacial score (nSPS) is 11.8. The Hall–Kier alpha value is -0.670. The van der Waals surface area contributed by atoms with Gasteiger partial charge in [-0.05, 0) is 46.1 Å². The first-order valence-corrected chi connectivity index (χ1v) is 4.66. The lowest BCUT2D eigenvalue weighted by Crippen LogP contribution is -1.84. The highest BCUT2D eigenvalue weighted by Crippen LogP contribution is 2.18. The summed E-state index contributed by atoms with van der Waals surface area (Å²) in [6.45, 7) is 1.84. The van der Waals surface area contributed by atoms with Crippen LogP contribution in [0.5, 0.6) is 0 Å². The largest absolute Gasteiger partial charge is 0.392 e. The molecule has 1 aromatic rings. The Morgan fingerprint density at radius 2 is 2.31 bits per heavy atom. The van der Waals surface area contributed by atoms with E-state index in [1.807, 2.05) is 13.0 Å². The van der Waals surface area contributed by atoms with Crippen LogP contribution in [-0.2, 0) is 0 Å². The minimum Gasteiger partial charge on any atom is -0.392 e. The van der Waals surface area contributed by atoms with Crippen LogP contribution in [0.1, 0.15) is 12.5 Å². The van der Waals surface area contributed by atoms with E-state index in [-0.39, 0.29) is 12.4 Å². The molecule has 0 spiro atoms. The quantitative estimate of drug-likeness (QED) is 0.849. The van der Waals surface area contributed by atoms with Gasteiger partial charge in [0, 0.05) is 0 Å². The van der Waals surface area contributed by atoms with E-state index in [2.05, 4.69) is 15.9 Å². The molecule has 0 aliphatic rings. The van der Waals surface area contributed by atoms with Crippen molar-refractivity contribution in [3.63, 3.8) is 0 Å². The van der Waals surface area contributed by atoms with Gasteiger partial charge in [0.1, 0.15) is 5.82 Å². The molecule has 0 radical (unpaired) electrons. The van der Waals surface area contributed by atoms with E-state index in [0.29, 0.717) is 4.47 Å². The van der Waals surface area contributed by atoms with E-state index in [1.54, 1.807) is 12.1 Å². The van der Waals surface area contributed by atoms with Gasteiger partial charge in [-0.25, -0.2) is 4.39 Å². The number of rotatable bonds is 2. The van der Waals surface area contributed by atoms with Crippen molar-refractivity contribution in [1.82, 2.24) is 0 Å². The van der Waals surface area contributed by atoms with Crippen molar-refractivity contribution in [1.29, 1.82) is 0 Å². The highest BCUT2D eigenvalue weighted by Gasteiger charge is 1.98. The second-order valence-electron chi connectivity index (χ2n) is 2.82. The molecule has 13 heavy (non-hydrogen) atoms. The van der Waals surface area contributed by atoms with Crippen molar-refractivity contribution in [3.8, 4) is 0 Å². The van der Waals surface area contributed by atoms with Gasteiger partial charge in [0.05, 0.1) is 11.1 Å². The molecule has 0 unspecified atom stereocenters. The summed E-state index contributed by atoms with van der Waals surface area (Å²) in [5, 5.41) is 8.77. The summed E-state index contributed by atoms with van der Waals surface area (Å²) in [6, 6.07) is 4.73. The Morgan fingerprint density at radius 1 is 1.62 bits per heavy atom. The van der Waals surface area contributed by atoms with Gasteiger partial charge in [0.15, 0.2) is 0 Å². The van der Waals surface area contributed by atoms with Crippen molar-refractivity contribution in [3.05, 3.63) is 39.6 Å². The van der Waals surface area contributed by atoms with Gasteiger partial charge in [0.25, 0.3) is 0 Å². The monoisotopic (exact) mass is 244 g/mol. The highest BCUT2D eigenvalue weighted by molar-refractivity contribution is 9.10. The first-order valence-electron chi connectivity index (χ1n) is 3.86. The molecule has 0 saturated carbocycles. The predicted octanol–water partition coefficient (Wildman–Crippen LogP) is 2.98. The zero-order valence-electron chi connectivity index (χ0n) is 7.22. The van der Waals surface area contributed by atoms with Gasteiger partial charge in [-0.15, -0.1) is 0 Å². The van der Waals surface area contributed by atoms with Crippen molar-refractivity contribution >= 4 is 22.0 Å². The Kier molecular flexibility index (Phi) is 3.63. The molecule has 1 aromatic carbocycles. The maximum absolute atomic E-state index is 12.8. The fraction of sp³-hybridized carbons (Fsp3) is 0.200. The van der Waals surface area contributed by atoms with Gasteiger partial charge in [0.2, 0.25) is 0 Å². The van der Waals surface area contributed by atoms with E-state index in [1.165, 1.54) is 6.07 Å². The fourth-order valence-electron chi connectivity index (χ4n) is 0.932. The molecular weight excluding hydrogens is 235 g/mol. The van der Waals surface area contributed by atoms with Crippen LogP contribution in [0.3, 0.4) is 0 Å². The van der Waals surface area contributed by atoms with Crippen LogP contribution in [0, 0.1) is 5.82 Å². The Balaban J connectivity index is 2.98. The molecule has 1 rings (SSSR count). The van der Waals surface area contributed by atoms with Crippen LogP contribution in [0.2, 0.25) is 0 Å². The third kappa shape index (κ3) is 2.94. The average Bonchev–Trinajstić information content (AvgIpc) is 2.11. The maximum atomic E-state index is 12.8. The smallest absolute Gasteiger partial charge is 0.137 e. The lowest BCUT2D eigenvalue weighted by Gasteiger charge is -1.98. The summed E-state index contributed by atoms with van der Waals surface area (Å²) < 4.78 is 13.2. The third-order valence-electron chi connectivity index (χ3n) is 1.61. The van der Waals surface area contributed by atoms with Gasteiger partial charge >= 0.3 is 0 Å². The molecule has 70 valence electrons. The molecule has 1 nitrogen and oxygen atoms in total. The Bertz CT molecular complexity index is 334. The van der Waals surface area contributed by atoms with Crippen LogP contribution in [-0.4, -0.2) is 11.7 Å². The first kappa shape index (κ1) is 10.4. The second-order valence-corrected chi connectivity index (χ2v) is 3.68. The fourth-order valence-corrected chi connectivity index (χ4v) is 1.33. The van der Waals surface area contributed by atoms with E-state index < -0.39 is 0 Å². The summed E-state index contributed by atoms with van der Waals surface area (Å²) in [5.74, 6) is -0.279. The molecule has 0 atom stereocenters. The lowest BCUT2D eigenvalue weighted by molar-refractivity contribution is 0.332. The molecule has 3 heteroatoms. The van der Waals surface area contributed by atoms with Crippen LogP contribution in [0.15, 0.2) is 28.2 Å². The number of aliphatic hydroxyl groups excluding tert-OH is 1. The molecular formula is C10H10BrFO. The minimum absolute atomic E-state index is 0.0228. The summed E-state index contributed by atoms with van der Waals surface area (Å²) in [5.41, 5.74) is 1.72. The van der Waals surface area contributed by atoms with Crippen molar-refractivity contribution in [2.45, 2.75) is 6.92 Å². The Morgan fingerprint density at radius 3 is 2.85 bits per heavy atom. The molecule has 0 aliphatic carbocycles. The molecule has 0 saturated heterocycles. The van der Waals surface area contributed by atoms with E-state index in [4.69, 9.17) is 5.11 Å². The average molecular weight is 245 g/mol. The molecule has 0 bridgehead atoms. The summed E-state index contributed by atoms with van der Waals surface area (Å²) in [7, 11) is 0. The van der Waals surface area contributed by atoms with E-state index in [9.17, 15) is 4.39 Å². The maximum Gasteiger partial charge on any atom is 0.137 e. The molecule has 0 aromatic heterocycles. The van der Waals surface area contributed by atoms with Gasteiger partial charge in [-0.1, -0.05) is 12.1 Å². The standard InChI is InChI=1S/C10H10BrFO/c1-7(6-13)4-8-2-3-10(12)9(11)5-8/h2-5,13H,6H2,1H3. The number of halogens is 2. The van der Waals surface area contributed by atoms with Crippen LogP contribution < -0.4 is 0 Å². The van der Waals surface area contributed by atoms with Crippen molar-refractivity contribution in [2.24, 2.45) is 0 Å². The predicted molar refractivity (Wildman–Crippen MR) is 54.8 cm³/mol. The van der Waals surface area contributed by atoms with Crippen molar-refractivity contribution in [2.75, 3.05) is 6.61 Å². The van der Waals surface area contributed by atoms with E-state index >= 15 is 0 Å². The van der Waals surface area contributed by atoms with E-state index in [0.717, 1.165) is 11.1 Å². The summed E-state index contributed by atoms with van der Waals surface area (Å²) in [6.07, 6.45) is 1.81. The highest BCUT2D eigenvalue weighted by atomic mass is 79.9. The molecule has 1 N–H and O–H groups in total. The first-order chi connectivity index (χ1) is 6.13. The lowest BCUT2D eigenvalue weighted by atomic mass is 10.1. The number of aliphatic hydroxyl groups is 1. The Labute approximate surface area is 85.0 Å². The van der Waals surface area contributed by atoms with Gasteiger partial charge in [-0.3, -0.25) is 0 Å². The summed E-state index contributed by atoms with van der Waals surface area (Å²) in [4.78, 5) is 0. The zero-order chi connectivity index (χ0) is 9.84. The topological polar surface area (TPSA) is 20.2 Å². The van der Waals surface area contributed by atoms with Crippen LogP contribution in [0.25, 0.3) is 6.08 Å². The zero-order valence-corrected chi connectivity index (χ0v) is 8.81. The molecule has 0 amide bonds. The van der Waals surface area contributed by atoms with Crippen LogP contribution >= 0.6 is 15.9 Å². The van der Waals surface area contributed by atoms with Crippen molar-refractivity contribution < 1.29 is 9.50 Å². The molecule has 0 aliphatic heterocycles. The molecule has 0 fully saturated rings. The van der Waals surface area contributed by atoms with Crippen LogP contribution in [0.4, 0.5) is 4.39 Å². The minimum atomic E-state index is -0.279. The van der Waals surface area contributed by atoms with Gasteiger partial charge < -0.3 is 5.11 Å². The summed E-state index contributed by atoms with van der Waals surface area (Å²) >= 11 is 3.09. The number of benzene rings is 1. The SMILES string of the molecule is CC(=Cc1ccc(F)c(Br)c1)CO. The van der Waals surface area contributed by atoms with Gasteiger partial charge in [-0.2, -0.15) is 0 Å². The molecule has 0 heterocycles.